The van der Waals surface area contributed by atoms with Gasteiger partial charge in [-0.25, -0.2) is 4.68 Å². The number of benzene rings is 1. The smallest absolute Gasteiger partial charge is 0.268 e. The summed E-state index contributed by atoms with van der Waals surface area (Å²) in [5.74, 6) is 0.122. The number of aromatic nitrogens is 3. The van der Waals surface area contributed by atoms with Crippen molar-refractivity contribution < 1.29 is 9.32 Å². The summed E-state index contributed by atoms with van der Waals surface area (Å²) in [5, 5.41) is 13.2. The monoisotopic (exact) mass is 449 g/mol. The number of carbonyl (C=O) groups excluding carboxylic acids is 1. The van der Waals surface area contributed by atoms with Gasteiger partial charge in [0.1, 0.15) is 12.2 Å². The van der Waals surface area contributed by atoms with Crippen molar-refractivity contribution >= 4 is 28.6 Å². The molecule has 0 aliphatic rings. The second-order valence-corrected chi connectivity index (χ2v) is 8.60. The fourth-order valence-corrected chi connectivity index (χ4v) is 4.11. The first-order chi connectivity index (χ1) is 15.3. The third-order valence-electron chi connectivity index (χ3n) is 4.91. The highest BCUT2D eigenvalue weighted by molar-refractivity contribution is 7.13. The number of carbonyl (C=O) groups is 1. The van der Waals surface area contributed by atoms with E-state index in [0.717, 1.165) is 20.8 Å². The molecule has 0 unspecified atom stereocenters. The quantitative estimate of drug-likeness (QED) is 0.479. The second-order valence-electron chi connectivity index (χ2n) is 7.66. The molecule has 0 spiro atoms. The first-order valence-corrected chi connectivity index (χ1v) is 10.9. The summed E-state index contributed by atoms with van der Waals surface area (Å²) >= 11 is 1.49. The summed E-state index contributed by atoms with van der Waals surface area (Å²) in [4.78, 5) is 28.3. The van der Waals surface area contributed by atoms with Gasteiger partial charge in [-0.15, -0.1) is 11.3 Å². The molecule has 1 amide bonds. The first-order valence-electron chi connectivity index (χ1n) is 9.99. The Morgan fingerprint density at radius 2 is 2.00 bits per heavy atom. The lowest BCUT2D eigenvalue weighted by Gasteiger charge is -2.17. The predicted octanol–water partition coefficient (Wildman–Crippen LogP) is 3.95. The number of rotatable bonds is 6. The second kappa shape index (κ2) is 8.80. The molecule has 0 fully saturated rings. The Morgan fingerprint density at radius 3 is 2.66 bits per heavy atom. The lowest BCUT2D eigenvalue weighted by Crippen LogP contribution is -2.29. The fraction of sp³-hybridized carbons (Fsp3) is 0.217. The van der Waals surface area contributed by atoms with Crippen molar-refractivity contribution in [3.05, 3.63) is 69.5 Å². The molecule has 1 N–H and O–H groups in total. The van der Waals surface area contributed by atoms with Gasteiger partial charge in [-0.2, -0.15) is 5.10 Å². The molecule has 0 aliphatic carbocycles. The Labute approximate surface area is 189 Å². The van der Waals surface area contributed by atoms with Gasteiger partial charge in [0.05, 0.1) is 16.1 Å². The summed E-state index contributed by atoms with van der Waals surface area (Å²) in [6, 6.07) is 12.7. The van der Waals surface area contributed by atoms with Gasteiger partial charge in [0.2, 0.25) is 5.91 Å². The zero-order valence-corrected chi connectivity index (χ0v) is 19.1. The van der Waals surface area contributed by atoms with E-state index in [1.807, 2.05) is 68.6 Å². The summed E-state index contributed by atoms with van der Waals surface area (Å²) in [7, 11) is 3.89. The van der Waals surface area contributed by atoms with Gasteiger partial charge in [-0.05, 0) is 43.0 Å². The number of hydrogen-bond donors (Lipinski definition) is 1. The van der Waals surface area contributed by atoms with Crippen LogP contribution < -0.4 is 15.8 Å². The van der Waals surface area contributed by atoms with Gasteiger partial charge < -0.3 is 14.7 Å². The van der Waals surface area contributed by atoms with Crippen LogP contribution in [-0.4, -0.2) is 34.9 Å². The van der Waals surface area contributed by atoms with Crippen molar-refractivity contribution in [3.8, 4) is 21.9 Å². The van der Waals surface area contributed by atoms with Crippen LogP contribution in [0.3, 0.4) is 0 Å². The van der Waals surface area contributed by atoms with E-state index in [1.54, 1.807) is 6.07 Å². The van der Waals surface area contributed by atoms with Crippen molar-refractivity contribution in [3.63, 3.8) is 0 Å². The minimum Gasteiger partial charge on any atom is -0.377 e. The van der Waals surface area contributed by atoms with Crippen LogP contribution in [-0.2, 0) is 11.3 Å². The number of anilines is 2. The minimum atomic E-state index is -0.401. The predicted molar refractivity (Wildman–Crippen MR) is 126 cm³/mol. The van der Waals surface area contributed by atoms with Crippen LogP contribution in [0.2, 0.25) is 0 Å². The third-order valence-corrected chi connectivity index (χ3v) is 5.79. The van der Waals surface area contributed by atoms with Gasteiger partial charge in [0, 0.05) is 37.6 Å². The number of nitrogens with one attached hydrogen (secondary N) is 1. The van der Waals surface area contributed by atoms with Crippen LogP contribution in [0, 0.1) is 13.8 Å². The summed E-state index contributed by atoms with van der Waals surface area (Å²) in [5.41, 5.74) is 4.18. The van der Waals surface area contributed by atoms with Gasteiger partial charge in [-0.3, -0.25) is 9.59 Å². The van der Waals surface area contributed by atoms with E-state index in [2.05, 4.69) is 15.6 Å². The molecule has 1 aromatic carbocycles. The molecule has 4 aromatic rings. The third kappa shape index (κ3) is 4.47. The van der Waals surface area contributed by atoms with Crippen LogP contribution in [0.15, 0.2) is 57.2 Å². The maximum Gasteiger partial charge on any atom is 0.268 e. The molecule has 9 heteroatoms. The highest BCUT2D eigenvalue weighted by Crippen LogP contribution is 2.32. The van der Waals surface area contributed by atoms with Gasteiger partial charge in [-0.1, -0.05) is 17.3 Å². The molecule has 0 aliphatic heterocycles. The highest BCUT2D eigenvalue weighted by atomic mass is 32.1. The average molecular weight is 450 g/mol. The highest BCUT2D eigenvalue weighted by Gasteiger charge is 2.18. The minimum absolute atomic E-state index is 0.210. The van der Waals surface area contributed by atoms with Crippen LogP contribution in [0.5, 0.6) is 0 Å². The molecule has 0 saturated carbocycles. The van der Waals surface area contributed by atoms with E-state index >= 15 is 0 Å². The van der Waals surface area contributed by atoms with E-state index in [-0.39, 0.29) is 12.5 Å². The molecule has 3 heterocycles. The Balaban J connectivity index is 1.64. The van der Waals surface area contributed by atoms with Gasteiger partial charge >= 0.3 is 0 Å². The van der Waals surface area contributed by atoms with E-state index in [4.69, 9.17) is 4.52 Å². The largest absolute Gasteiger partial charge is 0.377 e. The summed E-state index contributed by atoms with van der Waals surface area (Å²) in [6.07, 6.45) is 0. The number of amides is 1. The molecule has 4 rings (SSSR count). The van der Waals surface area contributed by atoms with Gasteiger partial charge in [0.25, 0.3) is 5.56 Å². The zero-order chi connectivity index (χ0) is 22.8. The number of hydrogen-bond acceptors (Lipinski definition) is 7. The summed E-state index contributed by atoms with van der Waals surface area (Å²) < 4.78 is 6.53. The molecular formula is C23H23N5O3S. The molecule has 3 aromatic heterocycles. The number of nitrogens with zero attached hydrogens (tertiary/aromatic N) is 4. The average Bonchev–Trinajstić information content (AvgIpc) is 3.42. The molecule has 0 atom stereocenters. The van der Waals surface area contributed by atoms with Crippen molar-refractivity contribution in [2.24, 2.45) is 0 Å². The first kappa shape index (κ1) is 21.5. The zero-order valence-electron chi connectivity index (χ0n) is 18.2. The fourth-order valence-electron chi connectivity index (χ4n) is 3.38. The normalized spacial score (nSPS) is 10.9. The maximum absolute atomic E-state index is 12.8. The van der Waals surface area contributed by atoms with Crippen LogP contribution in [0.1, 0.15) is 11.3 Å². The Bertz CT molecular complexity index is 1320. The Morgan fingerprint density at radius 1 is 1.19 bits per heavy atom. The van der Waals surface area contributed by atoms with E-state index in [1.165, 1.54) is 17.4 Å². The van der Waals surface area contributed by atoms with Crippen LogP contribution >= 0.6 is 11.3 Å². The topological polar surface area (TPSA) is 93.3 Å². The van der Waals surface area contributed by atoms with Crippen LogP contribution in [0.25, 0.3) is 21.9 Å². The van der Waals surface area contributed by atoms with Crippen molar-refractivity contribution in [2.75, 3.05) is 24.3 Å². The molecule has 0 radical (unpaired) electrons. The molecule has 0 bridgehead atoms. The number of aryl methyl sites for hydroxylation is 2. The van der Waals surface area contributed by atoms with Crippen LogP contribution in [0.4, 0.5) is 11.4 Å². The number of thiophene rings is 1. The van der Waals surface area contributed by atoms with E-state index < -0.39 is 5.56 Å². The lowest BCUT2D eigenvalue weighted by molar-refractivity contribution is -0.117. The van der Waals surface area contributed by atoms with Crippen molar-refractivity contribution in [1.82, 2.24) is 14.9 Å². The van der Waals surface area contributed by atoms with E-state index in [9.17, 15) is 9.59 Å². The molecule has 0 saturated heterocycles. The standard InChI is InChI=1S/C23H23N5O3S/c1-14-7-8-16(11-18(14)27(3)4)24-21(29)13-28-22(30)12-17(19-10-15(2)26-31-19)23(25-28)20-6-5-9-32-20/h5-12H,13H2,1-4H3,(H,24,29). The summed E-state index contributed by atoms with van der Waals surface area (Å²) in [6.45, 7) is 3.61. The van der Waals surface area contributed by atoms with E-state index in [0.29, 0.717) is 28.4 Å². The maximum atomic E-state index is 12.8. The lowest BCUT2D eigenvalue weighted by atomic mass is 10.1. The van der Waals surface area contributed by atoms with Gasteiger partial charge in [0.15, 0.2) is 5.76 Å². The molecular weight excluding hydrogens is 426 g/mol. The molecule has 32 heavy (non-hydrogen) atoms. The van der Waals surface area contributed by atoms with Crippen molar-refractivity contribution in [2.45, 2.75) is 20.4 Å². The Kier molecular flexibility index (Phi) is 5.91. The SMILES string of the molecule is Cc1cc(-c2cc(=O)n(CC(=O)Nc3ccc(C)c(N(C)C)c3)nc2-c2cccs2)on1. The molecule has 164 valence electrons. The Hall–Kier alpha value is -3.72. The molecule has 8 nitrogen and oxygen atoms in total. The van der Waals surface area contributed by atoms with Crippen molar-refractivity contribution in [1.29, 1.82) is 0 Å².